The zero-order valence-electron chi connectivity index (χ0n) is 8.17. The Balaban J connectivity index is 1.81. The summed E-state index contributed by atoms with van der Waals surface area (Å²) in [6, 6.07) is 0. The van der Waals surface area contributed by atoms with E-state index in [2.05, 4.69) is 4.90 Å². The fourth-order valence-corrected chi connectivity index (χ4v) is 3.35. The predicted octanol–water partition coefficient (Wildman–Crippen LogP) is 1.34. The summed E-state index contributed by atoms with van der Waals surface area (Å²) in [4.78, 5) is 2.43. The average Bonchev–Trinajstić information content (AvgIpc) is 2.54. The second kappa shape index (κ2) is 4.20. The molecule has 76 valence electrons. The molecule has 0 unspecified atom stereocenters. The first kappa shape index (κ1) is 9.81. The van der Waals surface area contributed by atoms with E-state index in [0.717, 1.165) is 19.4 Å². The van der Waals surface area contributed by atoms with Crippen molar-refractivity contribution < 1.29 is 5.11 Å². The standard InChI is InChI=1S/C10H19NOS/c12-10(3-1-2-4-10)9-11-5-7-13-8-6-11/h12H,1-9H2. The first-order valence-electron chi connectivity index (χ1n) is 5.31. The minimum absolute atomic E-state index is 0.331. The third kappa shape index (κ3) is 2.61. The maximum atomic E-state index is 10.2. The van der Waals surface area contributed by atoms with E-state index >= 15 is 0 Å². The van der Waals surface area contributed by atoms with Crippen LogP contribution in [0.15, 0.2) is 0 Å². The summed E-state index contributed by atoms with van der Waals surface area (Å²) < 4.78 is 0. The number of hydrogen-bond acceptors (Lipinski definition) is 3. The largest absolute Gasteiger partial charge is 0.389 e. The van der Waals surface area contributed by atoms with E-state index in [1.807, 2.05) is 11.8 Å². The molecule has 2 aliphatic rings. The molecule has 1 heterocycles. The summed E-state index contributed by atoms with van der Waals surface area (Å²) in [6.45, 7) is 3.27. The van der Waals surface area contributed by atoms with Gasteiger partial charge in [-0.1, -0.05) is 12.8 Å². The van der Waals surface area contributed by atoms with Crippen molar-refractivity contribution in [2.45, 2.75) is 31.3 Å². The zero-order chi connectivity index (χ0) is 9.15. The minimum atomic E-state index is -0.331. The molecule has 1 N–H and O–H groups in total. The lowest BCUT2D eigenvalue weighted by Gasteiger charge is -2.33. The number of rotatable bonds is 2. The third-order valence-electron chi connectivity index (χ3n) is 3.16. The van der Waals surface area contributed by atoms with E-state index in [0.29, 0.717) is 0 Å². The molecule has 0 aromatic carbocycles. The molecule has 1 saturated carbocycles. The van der Waals surface area contributed by atoms with E-state index in [1.165, 1.54) is 37.4 Å². The summed E-state index contributed by atoms with van der Waals surface area (Å²) in [6.07, 6.45) is 4.49. The second-order valence-electron chi connectivity index (χ2n) is 4.32. The molecule has 3 heteroatoms. The Morgan fingerprint density at radius 2 is 1.77 bits per heavy atom. The van der Waals surface area contributed by atoms with Crippen molar-refractivity contribution in [2.24, 2.45) is 0 Å². The normalized spacial score (nSPS) is 29.3. The molecule has 2 rings (SSSR count). The molecule has 0 spiro atoms. The van der Waals surface area contributed by atoms with E-state index in [4.69, 9.17) is 0 Å². The van der Waals surface area contributed by atoms with Gasteiger partial charge in [0.1, 0.15) is 0 Å². The molecular weight excluding hydrogens is 182 g/mol. The molecule has 2 fully saturated rings. The maximum Gasteiger partial charge on any atom is 0.0774 e. The van der Waals surface area contributed by atoms with Crippen LogP contribution in [0.3, 0.4) is 0 Å². The minimum Gasteiger partial charge on any atom is -0.389 e. The highest BCUT2D eigenvalue weighted by atomic mass is 32.2. The van der Waals surface area contributed by atoms with Crippen LogP contribution < -0.4 is 0 Å². The lowest BCUT2D eigenvalue weighted by atomic mass is 10.0. The molecule has 2 nitrogen and oxygen atoms in total. The van der Waals surface area contributed by atoms with Crippen LogP contribution in [0.5, 0.6) is 0 Å². The molecule has 1 aliphatic carbocycles. The topological polar surface area (TPSA) is 23.5 Å². The number of nitrogens with zero attached hydrogens (tertiary/aromatic N) is 1. The van der Waals surface area contributed by atoms with Crippen molar-refractivity contribution in [3.05, 3.63) is 0 Å². The summed E-state index contributed by atoms with van der Waals surface area (Å²) in [5, 5.41) is 10.2. The summed E-state index contributed by atoms with van der Waals surface area (Å²) >= 11 is 2.03. The van der Waals surface area contributed by atoms with Crippen LogP contribution in [0.2, 0.25) is 0 Å². The lowest BCUT2D eigenvalue weighted by molar-refractivity contribution is 0.0121. The fraction of sp³-hybridized carbons (Fsp3) is 1.00. The summed E-state index contributed by atoms with van der Waals surface area (Å²) in [5.74, 6) is 2.49. The van der Waals surface area contributed by atoms with Crippen molar-refractivity contribution in [1.82, 2.24) is 4.90 Å². The average molecular weight is 201 g/mol. The van der Waals surface area contributed by atoms with Gasteiger partial charge in [-0.2, -0.15) is 11.8 Å². The molecule has 0 amide bonds. The molecule has 0 atom stereocenters. The van der Waals surface area contributed by atoms with Gasteiger partial charge in [-0.3, -0.25) is 4.90 Å². The lowest BCUT2D eigenvalue weighted by Crippen LogP contribution is -2.44. The van der Waals surface area contributed by atoms with Gasteiger partial charge in [0, 0.05) is 31.1 Å². The maximum absolute atomic E-state index is 10.2. The molecule has 1 saturated heterocycles. The smallest absolute Gasteiger partial charge is 0.0774 e. The molecule has 0 radical (unpaired) electrons. The van der Waals surface area contributed by atoms with Crippen molar-refractivity contribution in [2.75, 3.05) is 31.1 Å². The van der Waals surface area contributed by atoms with Crippen LogP contribution in [0.4, 0.5) is 0 Å². The summed E-state index contributed by atoms with van der Waals surface area (Å²) in [7, 11) is 0. The first-order chi connectivity index (χ1) is 6.29. The Morgan fingerprint density at radius 1 is 1.15 bits per heavy atom. The molecule has 1 aliphatic heterocycles. The van der Waals surface area contributed by atoms with E-state index in [9.17, 15) is 5.11 Å². The molecule has 0 aromatic heterocycles. The van der Waals surface area contributed by atoms with Gasteiger partial charge in [-0.15, -0.1) is 0 Å². The van der Waals surface area contributed by atoms with Crippen LogP contribution in [0.1, 0.15) is 25.7 Å². The van der Waals surface area contributed by atoms with E-state index < -0.39 is 0 Å². The highest BCUT2D eigenvalue weighted by molar-refractivity contribution is 7.99. The van der Waals surface area contributed by atoms with Gasteiger partial charge in [0.25, 0.3) is 0 Å². The van der Waals surface area contributed by atoms with Crippen molar-refractivity contribution in [3.63, 3.8) is 0 Å². The Hall–Kier alpha value is 0.270. The first-order valence-corrected chi connectivity index (χ1v) is 6.47. The van der Waals surface area contributed by atoms with Gasteiger partial charge in [-0.25, -0.2) is 0 Å². The molecule has 0 aromatic rings. The van der Waals surface area contributed by atoms with Crippen molar-refractivity contribution in [1.29, 1.82) is 0 Å². The molecule has 0 bridgehead atoms. The van der Waals surface area contributed by atoms with Crippen molar-refractivity contribution >= 4 is 11.8 Å². The van der Waals surface area contributed by atoms with Crippen molar-refractivity contribution in [3.8, 4) is 0 Å². The molecular formula is C10H19NOS. The van der Waals surface area contributed by atoms with Crippen LogP contribution in [0, 0.1) is 0 Å². The van der Waals surface area contributed by atoms with Crippen LogP contribution >= 0.6 is 11.8 Å². The van der Waals surface area contributed by atoms with Gasteiger partial charge in [0.2, 0.25) is 0 Å². The highest BCUT2D eigenvalue weighted by Gasteiger charge is 2.33. The van der Waals surface area contributed by atoms with E-state index in [-0.39, 0.29) is 5.60 Å². The predicted molar refractivity (Wildman–Crippen MR) is 57.2 cm³/mol. The summed E-state index contributed by atoms with van der Waals surface area (Å²) in [5.41, 5.74) is -0.331. The van der Waals surface area contributed by atoms with Gasteiger partial charge >= 0.3 is 0 Å². The Bertz CT molecular complexity index is 162. The monoisotopic (exact) mass is 201 g/mol. The van der Waals surface area contributed by atoms with Crippen LogP contribution in [0.25, 0.3) is 0 Å². The Kier molecular flexibility index (Phi) is 3.17. The van der Waals surface area contributed by atoms with Gasteiger partial charge in [0.05, 0.1) is 5.60 Å². The highest BCUT2D eigenvalue weighted by Crippen LogP contribution is 2.30. The Morgan fingerprint density at radius 3 is 2.38 bits per heavy atom. The second-order valence-corrected chi connectivity index (χ2v) is 5.54. The SMILES string of the molecule is OC1(CN2CCSCC2)CCCC1. The van der Waals surface area contributed by atoms with Crippen LogP contribution in [-0.4, -0.2) is 46.7 Å². The molecule has 13 heavy (non-hydrogen) atoms. The zero-order valence-corrected chi connectivity index (χ0v) is 8.98. The number of aliphatic hydroxyl groups is 1. The van der Waals surface area contributed by atoms with E-state index in [1.54, 1.807) is 0 Å². The quantitative estimate of drug-likeness (QED) is 0.729. The Labute approximate surface area is 84.7 Å². The fourth-order valence-electron chi connectivity index (χ4n) is 2.37. The van der Waals surface area contributed by atoms with Gasteiger partial charge in [0.15, 0.2) is 0 Å². The van der Waals surface area contributed by atoms with Crippen LogP contribution in [-0.2, 0) is 0 Å². The third-order valence-corrected chi connectivity index (χ3v) is 4.10. The van der Waals surface area contributed by atoms with Gasteiger partial charge < -0.3 is 5.11 Å². The number of hydrogen-bond donors (Lipinski definition) is 1. The van der Waals surface area contributed by atoms with Gasteiger partial charge in [-0.05, 0) is 12.8 Å². The number of thioether (sulfide) groups is 1. The number of β-amino-alcohol motifs (C(OH)–C–C–N with tert-alkyl or cyclic N) is 1.